The Kier molecular flexibility index (Phi) is 7.06. The lowest BCUT2D eigenvalue weighted by Gasteiger charge is -2.28. The molecule has 0 radical (unpaired) electrons. The van der Waals surface area contributed by atoms with E-state index in [-0.39, 0.29) is 17.3 Å². The molecule has 112 valence electrons. The molecular weight excluding hydrogens is 338 g/mol. The summed E-state index contributed by atoms with van der Waals surface area (Å²) in [5.41, 5.74) is 1.09. The van der Waals surface area contributed by atoms with Crippen LogP contribution >= 0.6 is 27.7 Å². The van der Waals surface area contributed by atoms with E-state index in [0.717, 1.165) is 5.56 Å². The molecule has 20 heavy (non-hydrogen) atoms. The largest absolute Gasteiger partial charge is 0.395 e. The van der Waals surface area contributed by atoms with E-state index in [1.54, 1.807) is 16.7 Å². The van der Waals surface area contributed by atoms with Gasteiger partial charge in [-0.2, -0.15) is 0 Å². The summed E-state index contributed by atoms with van der Waals surface area (Å²) in [5.74, 6) is 0.535. The van der Waals surface area contributed by atoms with Gasteiger partial charge in [0.05, 0.1) is 12.5 Å². The Morgan fingerprint density at radius 2 is 1.95 bits per heavy atom. The number of hydrogen-bond acceptors (Lipinski definition) is 3. The molecule has 0 aliphatic rings. The number of aliphatic hydroxyl groups is 1. The van der Waals surface area contributed by atoms with Crippen molar-refractivity contribution < 1.29 is 9.90 Å². The number of amides is 1. The number of hydrogen-bond donors (Lipinski definition) is 1. The Morgan fingerprint density at radius 3 is 2.45 bits per heavy atom. The summed E-state index contributed by atoms with van der Waals surface area (Å²) in [5, 5.41) is 9.15. The molecule has 0 saturated heterocycles. The average Bonchev–Trinajstić information content (AvgIpc) is 2.42. The Balaban J connectivity index is 2.76. The number of carbonyl (C=O) groups excluding carboxylic acids is 1. The molecule has 0 aromatic heterocycles. The maximum Gasteiger partial charge on any atom is 0.239 e. The van der Waals surface area contributed by atoms with Crippen molar-refractivity contribution in [2.75, 3.05) is 12.5 Å². The molecule has 1 rings (SSSR count). The average molecular weight is 360 g/mol. The van der Waals surface area contributed by atoms with Crippen LogP contribution in [-0.4, -0.2) is 38.0 Å². The van der Waals surface area contributed by atoms with E-state index in [2.05, 4.69) is 36.7 Å². The van der Waals surface area contributed by atoms with Gasteiger partial charge in [-0.1, -0.05) is 67.0 Å². The first-order valence-electron chi connectivity index (χ1n) is 6.55. The lowest BCUT2D eigenvalue weighted by atomic mass is 10.2. The highest BCUT2D eigenvalue weighted by Gasteiger charge is 2.23. The maximum absolute atomic E-state index is 12.3. The normalized spacial score (nSPS) is 13.1. The van der Waals surface area contributed by atoms with Gasteiger partial charge in [0.2, 0.25) is 5.91 Å². The van der Waals surface area contributed by atoms with Crippen molar-refractivity contribution in [1.29, 1.82) is 0 Å². The highest BCUT2D eigenvalue weighted by molar-refractivity contribution is 9.10. The van der Waals surface area contributed by atoms with Crippen molar-refractivity contribution in [3.63, 3.8) is 0 Å². The van der Waals surface area contributed by atoms with Crippen LogP contribution in [0.4, 0.5) is 0 Å². The molecule has 0 heterocycles. The summed E-state index contributed by atoms with van der Waals surface area (Å²) < 4.78 is 0.0935. The Hall–Kier alpha value is -0.520. The maximum atomic E-state index is 12.3. The van der Waals surface area contributed by atoms with Crippen molar-refractivity contribution in [3.05, 3.63) is 35.9 Å². The molecule has 1 atom stereocenters. The van der Waals surface area contributed by atoms with Gasteiger partial charge in [0.25, 0.3) is 0 Å². The molecule has 1 amide bonds. The predicted molar refractivity (Wildman–Crippen MR) is 89.0 cm³/mol. The second-order valence-corrected chi connectivity index (χ2v) is 8.43. The fraction of sp³-hybridized carbons (Fsp3) is 0.533. The van der Waals surface area contributed by atoms with Gasteiger partial charge < -0.3 is 10.0 Å². The summed E-state index contributed by atoms with van der Waals surface area (Å²) in [6, 6.07) is 9.90. The minimum absolute atomic E-state index is 0.0758. The lowest BCUT2D eigenvalue weighted by molar-refractivity contribution is -0.130. The fourth-order valence-corrected chi connectivity index (χ4v) is 2.59. The van der Waals surface area contributed by atoms with Gasteiger partial charge in [0.15, 0.2) is 0 Å². The van der Waals surface area contributed by atoms with Crippen LogP contribution in [0.1, 0.15) is 26.3 Å². The molecule has 1 unspecified atom stereocenters. The number of aliphatic hydroxyl groups excluding tert-OH is 1. The Bertz CT molecular complexity index is 420. The third-order valence-corrected chi connectivity index (χ3v) is 4.60. The molecule has 0 aliphatic carbocycles. The third-order valence-electron chi connectivity index (χ3n) is 2.61. The summed E-state index contributed by atoms with van der Waals surface area (Å²) in [6.45, 7) is 6.75. The van der Waals surface area contributed by atoms with Crippen LogP contribution in [0.5, 0.6) is 0 Å². The zero-order chi connectivity index (χ0) is 15.2. The van der Waals surface area contributed by atoms with Gasteiger partial charge in [0.1, 0.15) is 4.83 Å². The van der Waals surface area contributed by atoms with Gasteiger partial charge in [-0.05, 0) is 5.56 Å². The van der Waals surface area contributed by atoms with Crippen LogP contribution < -0.4 is 0 Å². The second kappa shape index (κ2) is 8.05. The van der Waals surface area contributed by atoms with Gasteiger partial charge in [0, 0.05) is 11.3 Å². The molecule has 0 spiro atoms. The standard InChI is InChI=1S/C15H22BrNO2S/c1-15(2,3)20-11-17(14(19)13(16)10-18)9-12-7-5-4-6-8-12/h4-8,13,18H,9-11H2,1-3H3. The summed E-state index contributed by atoms with van der Waals surface area (Å²) in [4.78, 5) is 13.5. The zero-order valence-corrected chi connectivity index (χ0v) is 14.6. The number of nitrogens with zero attached hydrogens (tertiary/aromatic N) is 1. The second-order valence-electron chi connectivity index (χ2n) is 5.56. The van der Waals surface area contributed by atoms with E-state index >= 15 is 0 Å². The van der Waals surface area contributed by atoms with E-state index in [1.807, 2.05) is 30.3 Å². The number of halogens is 1. The van der Waals surface area contributed by atoms with E-state index in [4.69, 9.17) is 5.11 Å². The highest BCUT2D eigenvalue weighted by atomic mass is 79.9. The Labute approximate surface area is 133 Å². The molecule has 0 bridgehead atoms. The SMILES string of the molecule is CC(C)(C)SCN(Cc1ccccc1)C(=O)C(Br)CO. The Morgan fingerprint density at radius 1 is 1.35 bits per heavy atom. The molecule has 1 aromatic rings. The molecule has 1 N–H and O–H groups in total. The fourth-order valence-electron chi connectivity index (χ4n) is 1.54. The predicted octanol–water partition coefficient (Wildman–Crippen LogP) is 3.26. The van der Waals surface area contributed by atoms with Crippen LogP contribution in [0.15, 0.2) is 30.3 Å². The molecule has 0 saturated carbocycles. The van der Waals surface area contributed by atoms with Crippen molar-refractivity contribution in [3.8, 4) is 0 Å². The molecule has 5 heteroatoms. The molecule has 1 aromatic carbocycles. The van der Waals surface area contributed by atoms with Gasteiger partial charge >= 0.3 is 0 Å². The first-order valence-corrected chi connectivity index (χ1v) is 8.45. The summed E-state index contributed by atoms with van der Waals surface area (Å²) in [7, 11) is 0. The topological polar surface area (TPSA) is 40.5 Å². The number of benzene rings is 1. The van der Waals surface area contributed by atoms with E-state index in [1.165, 1.54) is 0 Å². The highest BCUT2D eigenvalue weighted by Crippen LogP contribution is 2.25. The van der Waals surface area contributed by atoms with Crippen molar-refractivity contribution in [1.82, 2.24) is 4.90 Å². The summed E-state index contributed by atoms with van der Waals surface area (Å²) in [6.07, 6.45) is 0. The first-order chi connectivity index (χ1) is 9.33. The number of alkyl halides is 1. The molecule has 0 aliphatic heterocycles. The molecule has 0 fully saturated rings. The van der Waals surface area contributed by atoms with Crippen molar-refractivity contribution >= 4 is 33.6 Å². The molecule has 3 nitrogen and oxygen atoms in total. The van der Waals surface area contributed by atoms with Crippen LogP contribution in [0.3, 0.4) is 0 Å². The van der Waals surface area contributed by atoms with E-state index < -0.39 is 4.83 Å². The van der Waals surface area contributed by atoms with Crippen LogP contribution in [0.25, 0.3) is 0 Å². The smallest absolute Gasteiger partial charge is 0.239 e. The minimum Gasteiger partial charge on any atom is -0.395 e. The monoisotopic (exact) mass is 359 g/mol. The van der Waals surface area contributed by atoms with Gasteiger partial charge in [-0.3, -0.25) is 4.79 Å². The van der Waals surface area contributed by atoms with Gasteiger partial charge in [-0.25, -0.2) is 0 Å². The van der Waals surface area contributed by atoms with Crippen LogP contribution in [-0.2, 0) is 11.3 Å². The van der Waals surface area contributed by atoms with E-state index in [0.29, 0.717) is 12.4 Å². The van der Waals surface area contributed by atoms with Crippen molar-refractivity contribution in [2.45, 2.75) is 36.9 Å². The van der Waals surface area contributed by atoms with Gasteiger partial charge in [-0.15, -0.1) is 11.8 Å². The van der Waals surface area contributed by atoms with Crippen LogP contribution in [0, 0.1) is 0 Å². The number of carbonyl (C=O) groups is 1. The number of thioether (sulfide) groups is 1. The third kappa shape index (κ3) is 6.29. The number of rotatable bonds is 6. The first kappa shape index (κ1) is 17.5. The zero-order valence-electron chi connectivity index (χ0n) is 12.2. The molecular formula is C15H22BrNO2S. The quantitative estimate of drug-likeness (QED) is 0.625. The van der Waals surface area contributed by atoms with Crippen LogP contribution in [0.2, 0.25) is 0 Å². The van der Waals surface area contributed by atoms with E-state index in [9.17, 15) is 4.79 Å². The lowest BCUT2D eigenvalue weighted by Crippen LogP contribution is -2.38. The van der Waals surface area contributed by atoms with Crippen molar-refractivity contribution in [2.24, 2.45) is 0 Å². The summed E-state index contributed by atoms with van der Waals surface area (Å²) >= 11 is 4.95. The minimum atomic E-state index is -0.535.